The number of hydrogen-bond acceptors (Lipinski definition) is 2. The van der Waals surface area contributed by atoms with Gasteiger partial charge in [-0.1, -0.05) is 44.0 Å². The van der Waals surface area contributed by atoms with Crippen molar-refractivity contribution in [3.05, 3.63) is 21.1 Å². The van der Waals surface area contributed by atoms with E-state index in [1.54, 1.807) is 0 Å². The average Bonchev–Trinajstić information content (AvgIpc) is 2.50. The number of alkyl halides is 6. The highest BCUT2D eigenvalue weighted by atomic mass is 79.9. The zero-order valence-electron chi connectivity index (χ0n) is 14.3. The van der Waals surface area contributed by atoms with Crippen LogP contribution in [0.3, 0.4) is 0 Å². The molecular formula is C16H20Br2F6N2O. The first-order valence-electron chi connectivity index (χ1n) is 8.09. The molecule has 0 spiro atoms. The largest absolute Gasteiger partial charge is 0.392 e. The van der Waals surface area contributed by atoms with Crippen LogP contribution in [-0.2, 0) is 4.79 Å². The van der Waals surface area contributed by atoms with Crippen LogP contribution in [0.1, 0.15) is 32.6 Å². The van der Waals surface area contributed by atoms with Crippen LogP contribution < -0.4 is 11.1 Å². The van der Waals surface area contributed by atoms with E-state index in [2.05, 4.69) is 37.2 Å². The van der Waals surface area contributed by atoms with Crippen LogP contribution in [-0.4, -0.2) is 30.3 Å². The number of carbonyl (C=O) groups excluding carboxylic acids is 1. The third-order valence-electron chi connectivity index (χ3n) is 4.24. The van der Waals surface area contributed by atoms with Gasteiger partial charge in [0.15, 0.2) is 0 Å². The minimum Gasteiger partial charge on any atom is -0.349 e. The molecule has 0 fully saturated rings. The Labute approximate surface area is 170 Å². The highest BCUT2D eigenvalue weighted by Crippen LogP contribution is 2.39. The minimum atomic E-state index is -4.19. The topological polar surface area (TPSA) is 55.1 Å². The Kier molecular flexibility index (Phi) is 8.87. The lowest BCUT2D eigenvalue weighted by Crippen LogP contribution is -2.40. The van der Waals surface area contributed by atoms with Gasteiger partial charge < -0.3 is 11.1 Å². The molecule has 0 aliphatic heterocycles. The molecule has 1 amide bonds. The lowest BCUT2D eigenvalue weighted by molar-refractivity contribution is -0.177. The summed E-state index contributed by atoms with van der Waals surface area (Å²) in [7, 11) is 0. The normalized spacial score (nSPS) is 29.1. The van der Waals surface area contributed by atoms with Crippen LogP contribution in [0.25, 0.3) is 0 Å². The second-order valence-electron chi connectivity index (χ2n) is 6.46. The number of allylic oxidation sites excluding steroid dienone is 2. The van der Waals surface area contributed by atoms with Crippen molar-refractivity contribution in [2.75, 3.05) is 0 Å². The maximum atomic E-state index is 12.4. The summed E-state index contributed by atoms with van der Waals surface area (Å²) in [6.45, 7) is 1.29. The molecule has 2 rings (SSSR count). The van der Waals surface area contributed by atoms with E-state index < -0.39 is 36.3 Å². The van der Waals surface area contributed by atoms with Gasteiger partial charge in [0.1, 0.15) is 0 Å². The molecule has 0 aromatic heterocycles. The maximum Gasteiger partial charge on any atom is 0.392 e. The monoisotopic (exact) mass is 528 g/mol. The SMILES string of the molecule is CC(=O)N[C@@H]1C[C@H](C(F)(F)F)CC=C1Br.N[C@@H]1C[C@H](C(F)(F)F)CC=C1Br. The Bertz CT molecular complexity index is 588. The Morgan fingerprint density at radius 2 is 1.44 bits per heavy atom. The lowest BCUT2D eigenvalue weighted by Gasteiger charge is -2.29. The summed E-state index contributed by atoms with van der Waals surface area (Å²) in [5, 5.41) is 2.48. The van der Waals surface area contributed by atoms with Crippen LogP contribution in [0.5, 0.6) is 0 Å². The summed E-state index contributed by atoms with van der Waals surface area (Å²) >= 11 is 6.27. The van der Waals surface area contributed by atoms with Crippen molar-refractivity contribution in [2.24, 2.45) is 17.6 Å². The van der Waals surface area contributed by atoms with Crippen LogP contribution in [0, 0.1) is 11.8 Å². The molecule has 3 nitrogen and oxygen atoms in total. The zero-order valence-corrected chi connectivity index (χ0v) is 17.5. The quantitative estimate of drug-likeness (QED) is 0.452. The van der Waals surface area contributed by atoms with Crippen LogP contribution in [0.2, 0.25) is 0 Å². The predicted octanol–water partition coefficient (Wildman–Crippen LogP) is 5.31. The van der Waals surface area contributed by atoms with Crippen molar-refractivity contribution < 1.29 is 31.1 Å². The van der Waals surface area contributed by atoms with Crippen LogP contribution >= 0.6 is 31.9 Å². The predicted molar refractivity (Wildman–Crippen MR) is 97.2 cm³/mol. The van der Waals surface area contributed by atoms with Gasteiger partial charge in [0.25, 0.3) is 0 Å². The van der Waals surface area contributed by atoms with E-state index in [1.165, 1.54) is 19.1 Å². The molecule has 2 aliphatic rings. The van der Waals surface area contributed by atoms with E-state index in [0.717, 1.165) is 0 Å². The number of nitrogens with two attached hydrogens (primary N) is 1. The molecule has 0 unspecified atom stereocenters. The van der Waals surface area contributed by atoms with Gasteiger partial charge in [-0.15, -0.1) is 0 Å². The highest BCUT2D eigenvalue weighted by Gasteiger charge is 2.42. The third-order valence-corrected chi connectivity index (χ3v) is 6.03. The number of hydrogen-bond donors (Lipinski definition) is 2. The molecule has 156 valence electrons. The summed E-state index contributed by atoms with van der Waals surface area (Å²) in [5.41, 5.74) is 5.45. The van der Waals surface area contributed by atoms with Gasteiger partial charge in [-0.3, -0.25) is 4.79 Å². The van der Waals surface area contributed by atoms with E-state index in [0.29, 0.717) is 8.96 Å². The zero-order chi connectivity index (χ0) is 21.0. The summed E-state index contributed by atoms with van der Waals surface area (Å²) < 4.78 is 75.0. The molecule has 11 heteroatoms. The molecular weight excluding hydrogens is 510 g/mol. The maximum absolute atomic E-state index is 12.4. The first kappa shape index (κ1) is 24.5. The highest BCUT2D eigenvalue weighted by molar-refractivity contribution is 9.12. The summed E-state index contributed by atoms with van der Waals surface area (Å²) in [6, 6.07) is -1.05. The molecule has 0 aromatic carbocycles. The number of carbonyl (C=O) groups is 1. The Morgan fingerprint density at radius 1 is 1.00 bits per heavy atom. The smallest absolute Gasteiger partial charge is 0.349 e. The second-order valence-corrected chi connectivity index (χ2v) is 8.29. The second kappa shape index (κ2) is 9.78. The van der Waals surface area contributed by atoms with Crippen LogP contribution in [0.4, 0.5) is 26.3 Å². The Hall–Kier alpha value is -0.550. The molecule has 0 saturated heterocycles. The number of halogens is 8. The van der Waals surface area contributed by atoms with E-state index in [1.807, 2.05) is 0 Å². The van der Waals surface area contributed by atoms with Gasteiger partial charge in [0.05, 0.1) is 17.9 Å². The molecule has 0 radical (unpaired) electrons. The molecule has 2 aliphatic carbocycles. The molecule has 4 atom stereocenters. The summed E-state index contributed by atoms with van der Waals surface area (Å²) in [4.78, 5) is 10.8. The van der Waals surface area contributed by atoms with E-state index in [-0.39, 0.29) is 31.6 Å². The van der Waals surface area contributed by atoms with Crippen molar-refractivity contribution >= 4 is 37.8 Å². The van der Waals surface area contributed by atoms with Gasteiger partial charge in [0.2, 0.25) is 5.91 Å². The fourth-order valence-electron chi connectivity index (χ4n) is 2.72. The van der Waals surface area contributed by atoms with E-state index in [9.17, 15) is 31.1 Å². The van der Waals surface area contributed by atoms with Gasteiger partial charge in [-0.2, -0.15) is 26.3 Å². The van der Waals surface area contributed by atoms with Crippen molar-refractivity contribution in [1.29, 1.82) is 0 Å². The fraction of sp³-hybridized carbons (Fsp3) is 0.688. The molecule has 0 bridgehead atoms. The minimum absolute atomic E-state index is 0.0133. The average molecular weight is 530 g/mol. The number of nitrogens with one attached hydrogen (secondary N) is 1. The van der Waals surface area contributed by atoms with Gasteiger partial charge >= 0.3 is 12.4 Å². The van der Waals surface area contributed by atoms with Crippen molar-refractivity contribution in [3.63, 3.8) is 0 Å². The van der Waals surface area contributed by atoms with Crippen molar-refractivity contribution in [3.8, 4) is 0 Å². The van der Waals surface area contributed by atoms with Crippen molar-refractivity contribution in [2.45, 2.75) is 57.0 Å². The standard InChI is InChI=1S/C9H11BrF3NO.C7H9BrF3N/c1-5(15)14-8-4-6(9(11,12)13)2-3-7(8)10;8-5-2-1-4(3-6(5)12)7(9,10)11/h3,6,8H,2,4H2,1H3,(H,14,15);2,4,6H,1,3,12H2/t6-,8-;4-,6-/m11/s1. The fourth-order valence-corrected chi connectivity index (χ4v) is 3.58. The Morgan fingerprint density at radius 3 is 1.85 bits per heavy atom. The third kappa shape index (κ3) is 8.15. The van der Waals surface area contributed by atoms with Gasteiger partial charge in [-0.05, 0) is 25.7 Å². The van der Waals surface area contributed by atoms with E-state index in [4.69, 9.17) is 5.73 Å². The molecule has 0 heterocycles. The summed E-state index contributed by atoms with van der Waals surface area (Å²) in [6.07, 6.45) is -5.42. The van der Waals surface area contributed by atoms with Gasteiger partial charge in [0, 0.05) is 21.9 Å². The molecule has 27 heavy (non-hydrogen) atoms. The first-order valence-corrected chi connectivity index (χ1v) is 9.67. The first-order chi connectivity index (χ1) is 12.2. The van der Waals surface area contributed by atoms with E-state index >= 15 is 0 Å². The molecule has 3 N–H and O–H groups in total. The van der Waals surface area contributed by atoms with Crippen molar-refractivity contribution in [1.82, 2.24) is 5.32 Å². The molecule has 0 saturated carbocycles. The van der Waals surface area contributed by atoms with Gasteiger partial charge in [-0.25, -0.2) is 0 Å². The summed E-state index contributed by atoms with van der Waals surface area (Å²) in [5.74, 6) is -2.96. The lowest BCUT2D eigenvalue weighted by atomic mass is 9.90. The number of rotatable bonds is 1. The number of amides is 1. The molecule has 0 aromatic rings. The Balaban J connectivity index is 0.000000277. The van der Waals surface area contributed by atoms with Crippen LogP contribution in [0.15, 0.2) is 21.1 Å².